The van der Waals surface area contributed by atoms with E-state index in [4.69, 9.17) is 4.99 Å². The van der Waals surface area contributed by atoms with Gasteiger partial charge in [-0.05, 0) is 45.7 Å². The number of nitrogens with zero attached hydrogens (tertiary/aromatic N) is 3. The van der Waals surface area contributed by atoms with E-state index in [0.717, 1.165) is 71.0 Å². The number of carbonyl (C=O) groups is 1. The van der Waals surface area contributed by atoms with Crippen LogP contribution in [0.3, 0.4) is 0 Å². The summed E-state index contributed by atoms with van der Waals surface area (Å²) in [6.45, 7) is 12.7. The van der Waals surface area contributed by atoms with Gasteiger partial charge in [0, 0.05) is 67.4 Å². The molecule has 2 fully saturated rings. The molecule has 1 aliphatic carbocycles. The molecule has 6 nitrogen and oxygen atoms in total. The Labute approximate surface area is 202 Å². The van der Waals surface area contributed by atoms with Gasteiger partial charge >= 0.3 is 0 Å². The van der Waals surface area contributed by atoms with Crippen LogP contribution >= 0.6 is 35.3 Å². The lowest BCUT2D eigenvalue weighted by Crippen LogP contribution is -2.51. The lowest BCUT2D eigenvalue weighted by Gasteiger charge is -2.38. The number of piperazine rings is 1. The molecule has 2 aliphatic rings. The molecular weight excluding hydrogens is 509 g/mol. The van der Waals surface area contributed by atoms with Crippen LogP contribution in [0.2, 0.25) is 0 Å². The Morgan fingerprint density at radius 2 is 2.00 bits per heavy atom. The van der Waals surface area contributed by atoms with Crippen molar-refractivity contribution in [2.24, 2.45) is 10.9 Å². The van der Waals surface area contributed by atoms with E-state index >= 15 is 0 Å². The number of hydrogen-bond donors (Lipinski definition) is 2. The van der Waals surface area contributed by atoms with Crippen LogP contribution in [0.4, 0.5) is 0 Å². The molecule has 170 valence electrons. The van der Waals surface area contributed by atoms with Gasteiger partial charge in [-0.3, -0.25) is 14.7 Å². The predicted molar refractivity (Wildman–Crippen MR) is 137 cm³/mol. The highest BCUT2D eigenvalue weighted by atomic mass is 127. The second kappa shape index (κ2) is 12.9. The Hall–Kier alpha value is -0.870. The van der Waals surface area contributed by atoms with E-state index in [-0.39, 0.29) is 24.0 Å². The van der Waals surface area contributed by atoms with Crippen molar-refractivity contribution in [2.45, 2.75) is 52.5 Å². The minimum absolute atomic E-state index is 0. The zero-order chi connectivity index (χ0) is 20.6. The van der Waals surface area contributed by atoms with Crippen molar-refractivity contribution < 1.29 is 4.79 Å². The van der Waals surface area contributed by atoms with Crippen molar-refractivity contribution in [1.82, 2.24) is 20.4 Å². The molecule has 2 heterocycles. The van der Waals surface area contributed by atoms with E-state index < -0.39 is 0 Å². The summed E-state index contributed by atoms with van der Waals surface area (Å²) >= 11 is 1.87. The summed E-state index contributed by atoms with van der Waals surface area (Å²) in [5.41, 5.74) is 0. The zero-order valence-corrected chi connectivity index (χ0v) is 21.8. The molecule has 1 aromatic heterocycles. The molecule has 2 N–H and O–H groups in total. The molecule has 1 aromatic rings. The smallest absolute Gasteiger partial charge is 0.225 e. The van der Waals surface area contributed by atoms with E-state index in [1.54, 1.807) is 0 Å². The first-order valence-corrected chi connectivity index (χ1v) is 12.0. The summed E-state index contributed by atoms with van der Waals surface area (Å²) in [4.78, 5) is 24.4. The SMILES string of the molecule is CCNC(=NCCN1CCN(C(=O)C2CCC2)CC1)NC(C)Cc1ccc(C)s1.I. The van der Waals surface area contributed by atoms with Crippen molar-refractivity contribution in [3.63, 3.8) is 0 Å². The predicted octanol–water partition coefficient (Wildman–Crippen LogP) is 3.10. The average molecular weight is 548 g/mol. The summed E-state index contributed by atoms with van der Waals surface area (Å²) in [7, 11) is 0. The van der Waals surface area contributed by atoms with Crippen LogP contribution in [0.5, 0.6) is 0 Å². The quantitative estimate of drug-likeness (QED) is 0.299. The molecule has 0 aromatic carbocycles. The summed E-state index contributed by atoms with van der Waals surface area (Å²) in [6.07, 6.45) is 4.43. The number of halogens is 1. The van der Waals surface area contributed by atoms with Gasteiger partial charge in [0.15, 0.2) is 5.96 Å². The van der Waals surface area contributed by atoms with Crippen LogP contribution in [0.1, 0.15) is 42.9 Å². The normalized spacial score (nSPS) is 19.0. The van der Waals surface area contributed by atoms with Crippen LogP contribution in [0.25, 0.3) is 0 Å². The van der Waals surface area contributed by atoms with Gasteiger partial charge < -0.3 is 15.5 Å². The number of aliphatic imine (C=N–C) groups is 1. The fourth-order valence-electron chi connectivity index (χ4n) is 3.91. The number of aryl methyl sites for hydroxylation is 1. The molecule has 1 aliphatic heterocycles. The Kier molecular flexibility index (Phi) is 10.9. The maximum atomic E-state index is 12.4. The van der Waals surface area contributed by atoms with Crippen molar-refractivity contribution >= 4 is 47.2 Å². The van der Waals surface area contributed by atoms with Gasteiger partial charge in [0.2, 0.25) is 5.91 Å². The van der Waals surface area contributed by atoms with E-state index in [1.165, 1.54) is 16.2 Å². The molecule has 8 heteroatoms. The first kappa shape index (κ1) is 25.4. The number of nitrogens with one attached hydrogen (secondary N) is 2. The highest BCUT2D eigenvalue weighted by Crippen LogP contribution is 2.28. The zero-order valence-electron chi connectivity index (χ0n) is 18.7. The van der Waals surface area contributed by atoms with E-state index in [2.05, 4.69) is 53.3 Å². The molecule has 0 radical (unpaired) electrons. The van der Waals surface area contributed by atoms with E-state index in [9.17, 15) is 4.79 Å². The van der Waals surface area contributed by atoms with E-state index in [1.807, 2.05) is 11.3 Å². The molecular formula is C22H38IN5OS. The summed E-state index contributed by atoms with van der Waals surface area (Å²) in [5.74, 6) is 1.61. The third-order valence-corrected chi connectivity index (χ3v) is 6.88. The van der Waals surface area contributed by atoms with Gasteiger partial charge in [0.05, 0.1) is 6.54 Å². The largest absolute Gasteiger partial charge is 0.357 e. The van der Waals surface area contributed by atoms with Crippen molar-refractivity contribution in [3.8, 4) is 0 Å². The molecule has 3 rings (SSSR count). The lowest BCUT2D eigenvalue weighted by atomic mass is 9.84. The van der Waals surface area contributed by atoms with Gasteiger partial charge in [-0.15, -0.1) is 35.3 Å². The summed E-state index contributed by atoms with van der Waals surface area (Å²) in [5, 5.41) is 6.90. The number of carbonyl (C=O) groups excluding carboxylic acids is 1. The first-order valence-electron chi connectivity index (χ1n) is 11.2. The highest BCUT2D eigenvalue weighted by Gasteiger charge is 2.30. The van der Waals surface area contributed by atoms with Crippen LogP contribution in [0.15, 0.2) is 17.1 Å². The van der Waals surface area contributed by atoms with Gasteiger partial charge in [-0.25, -0.2) is 0 Å². The summed E-state index contributed by atoms with van der Waals surface area (Å²) < 4.78 is 0. The number of guanidine groups is 1. The molecule has 1 unspecified atom stereocenters. The fraction of sp³-hybridized carbons (Fsp3) is 0.727. The van der Waals surface area contributed by atoms with Crippen LogP contribution < -0.4 is 10.6 Å². The molecule has 1 amide bonds. The summed E-state index contributed by atoms with van der Waals surface area (Å²) in [6, 6.07) is 4.75. The van der Waals surface area contributed by atoms with Crippen LogP contribution in [-0.2, 0) is 11.2 Å². The number of amides is 1. The van der Waals surface area contributed by atoms with Gasteiger partial charge in [0.1, 0.15) is 0 Å². The third kappa shape index (κ3) is 7.67. The Morgan fingerprint density at radius 3 is 2.57 bits per heavy atom. The number of thiophene rings is 1. The molecule has 1 saturated carbocycles. The Bertz CT molecular complexity index is 683. The van der Waals surface area contributed by atoms with E-state index in [0.29, 0.717) is 17.9 Å². The standard InChI is InChI=1S/C22H37N5OS.HI/c1-4-23-22(25-17(2)16-20-9-8-18(3)29-20)24-10-11-26-12-14-27(15-13-26)21(28)19-6-5-7-19;/h8-9,17,19H,4-7,10-16H2,1-3H3,(H2,23,24,25);1H. The fourth-order valence-corrected chi connectivity index (χ4v) is 4.93. The van der Waals surface area contributed by atoms with Crippen molar-refractivity contribution in [3.05, 3.63) is 21.9 Å². The minimum atomic E-state index is 0. The maximum Gasteiger partial charge on any atom is 0.225 e. The Morgan fingerprint density at radius 1 is 1.27 bits per heavy atom. The second-order valence-electron chi connectivity index (χ2n) is 8.32. The third-order valence-electron chi connectivity index (χ3n) is 5.86. The average Bonchev–Trinajstić information content (AvgIpc) is 3.05. The first-order chi connectivity index (χ1) is 14.0. The maximum absolute atomic E-state index is 12.4. The number of hydrogen-bond acceptors (Lipinski definition) is 4. The highest BCUT2D eigenvalue weighted by molar-refractivity contribution is 14.0. The van der Waals surface area contributed by atoms with Gasteiger partial charge in [0.25, 0.3) is 0 Å². The van der Waals surface area contributed by atoms with Crippen LogP contribution in [-0.4, -0.2) is 73.5 Å². The molecule has 0 spiro atoms. The number of rotatable bonds is 8. The van der Waals surface area contributed by atoms with Crippen molar-refractivity contribution in [1.29, 1.82) is 0 Å². The van der Waals surface area contributed by atoms with Crippen LogP contribution in [0, 0.1) is 12.8 Å². The minimum Gasteiger partial charge on any atom is -0.357 e. The molecule has 0 bridgehead atoms. The van der Waals surface area contributed by atoms with Gasteiger partial charge in [-0.1, -0.05) is 6.42 Å². The lowest BCUT2D eigenvalue weighted by molar-refractivity contribution is -0.139. The monoisotopic (exact) mass is 547 g/mol. The van der Waals surface area contributed by atoms with Gasteiger partial charge in [-0.2, -0.15) is 0 Å². The topological polar surface area (TPSA) is 60.0 Å². The molecule has 1 saturated heterocycles. The second-order valence-corrected chi connectivity index (χ2v) is 9.69. The molecule has 30 heavy (non-hydrogen) atoms. The Balaban J connectivity index is 0.00000320. The van der Waals surface area contributed by atoms with Crippen molar-refractivity contribution in [2.75, 3.05) is 45.8 Å². The molecule has 1 atom stereocenters.